The van der Waals surface area contributed by atoms with Crippen molar-refractivity contribution in [3.05, 3.63) is 34.7 Å². The van der Waals surface area contributed by atoms with Crippen LogP contribution in [-0.2, 0) is 11.3 Å². The number of H-pyrrole nitrogens is 1. The molecule has 1 amide bonds. The molecule has 0 saturated heterocycles. The Hall–Kier alpha value is -2.08. The van der Waals surface area contributed by atoms with E-state index in [1.807, 2.05) is 31.2 Å². The topological polar surface area (TPSA) is 92.9 Å². The van der Waals surface area contributed by atoms with E-state index < -0.39 is 0 Å². The third kappa shape index (κ3) is 3.48. The lowest BCUT2D eigenvalue weighted by atomic mass is 10.2. The van der Waals surface area contributed by atoms with Crippen molar-refractivity contribution in [2.24, 2.45) is 5.73 Å². The highest BCUT2D eigenvalue weighted by Crippen LogP contribution is 2.08. The molecule has 0 aliphatic rings. The molecule has 1 heterocycles. The zero-order valence-corrected chi connectivity index (χ0v) is 11.6. The zero-order valence-electron chi connectivity index (χ0n) is 11.6. The number of nitrogens with one attached hydrogen (secondary N) is 2. The largest absolute Gasteiger partial charge is 0.354 e. The van der Waals surface area contributed by atoms with E-state index in [1.165, 1.54) is 0 Å². The first-order valence-electron chi connectivity index (χ1n) is 6.78. The second-order valence-electron chi connectivity index (χ2n) is 4.96. The summed E-state index contributed by atoms with van der Waals surface area (Å²) in [5, 5.41) is 2.80. The van der Waals surface area contributed by atoms with Gasteiger partial charge in [-0.15, -0.1) is 0 Å². The molecule has 6 nitrogen and oxygen atoms in total. The van der Waals surface area contributed by atoms with Crippen LogP contribution in [0.2, 0.25) is 0 Å². The van der Waals surface area contributed by atoms with Crippen LogP contribution in [0.5, 0.6) is 0 Å². The van der Waals surface area contributed by atoms with Crippen LogP contribution in [0.15, 0.2) is 29.1 Å². The Bertz CT molecular complexity index is 642. The molecule has 0 bridgehead atoms. The van der Waals surface area contributed by atoms with E-state index >= 15 is 0 Å². The SMILES string of the molecule is CC(N)CCC(=O)NCCn1c(=O)[nH]c2ccccc21. The zero-order chi connectivity index (χ0) is 14.5. The summed E-state index contributed by atoms with van der Waals surface area (Å²) in [5.74, 6) is -0.0322. The minimum Gasteiger partial charge on any atom is -0.354 e. The molecule has 1 aromatic carbocycles. The van der Waals surface area contributed by atoms with Crippen LogP contribution in [-0.4, -0.2) is 28.0 Å². The number of fused-ring (bicyclic) bond motifs is 1. The summed E-state index contributed by atoms with van der Waals surface area (Å²) in [6.07, 6.45) is 1.08. The van der Waals surface area contributed by atoms with Gasteiger partial charge in [-0.3, -0.25) is 9.36 Å². The predicted molar refractivity (Wildman–Crippen MR) is 78.5 cm³/mol. The number of hydrogen-bond donors (Lipinski definition) is 3. The molecule has 0 aliphatic carbocycles. The Kier molecular flexibility index (Phi) is 4.57. The molecule has 2 aromatic rings. The quantitative estimate of drug-likeness (QED) is 0.720. The molecule has 0 fully saturated rings. The summed E-state index contributed by atoms with van der Waals surface area (Å²) < 4.78 is 1.63. The second-order valence-corrected chi connectivity index (χ2v) is 4.96. The van der Waals surface area contributed by atoms with Gasteiger partial charge in [-0.1, -0.05) is 12.1 Å². The van der Waals surface area contributed by atoms with Gasteiger partial charge in [0.25, 0.3) is 0 Å². The van der Waals surface area contributed by atoms with Crippen LogP contribution in [0.1, 0.15) is 19.8 Å². The van der Waals surface area contributed by atoms with Crippen molar-refractivity contribution in [1.29, 1.82) is 0 Å². The van der Waals surface area contributed by atoms with Gasteiger partial charge in [-0.05, 0) is 25.5 Å². The average molecular weight is 276 g/mol. The van der Waals surface area contributed by atoms with E-state index in [0.29, 0.717) is 25.9 Å². The number of benzene rings is 1. The van der Waals surface area contributed by atoms with Gasteiger partial charge in [-0.25, -0.2) is 4.79 Å². The molecule has 1 unspecified atom stereocenters. The fourth-order valence-corrected chi connectivity index (χ4v) is 2.08. The molecule has 108 valence electrons. The average Bonchev–Trinajstić information content (AvgIpc) is 2.73. The van der Waals surface area contributed by atoms with Gasteiger partial charge in [0.05, 0.1) is 11.0 Å². The van der Waals surface area contributed by atoms with Gasteiger partial charge in [-0.2, -0.15) is 0 Å². The second kappa shape index (κ2) is 6.38. The Morgan fingerprint density at radius 2 is 2.20 bits per heavy atom. The fourth-order valence-electron chi connectivity index (χ4n) is 2.08. The maximum absolute atomic E-state index is 11.8. The van der Waals surface area contributed by atoms with Crippen LogP contribution in [0.4, 0.5) is 0 Å². The van der Waals surface area contributed by atoms with Crippen LogP contribution < -0.4 is 16.7 Å². The number of aromatic amines is 1. The number of hydrogen-bond acceptors (Lipinski definition) is 3. The molecular formula is C14H20N4O2. The summed E-state index contributed by atoms with van der Waals surface area (Å²) in [6.45, 7) is 2.76. The van der Waals surface area contributed by atoms with Crippen LogP contribution in [0, 0.1) is 0 Å². The van der Waals surface area contributed by atoms with E-state index in [4.69, 9.17) is 5.73 Å². The Balaban J connectivity index is 1.92. The lowest BCUT2D eigenvalue weighted by molar-refractivity contribution is -0.121. The lowest BCUT2D eigenvalue weighted by Crippen LogP contribution is -2.30. The maximum Gasteiger partial charge on any atom is 0.326 e. The molecule has 0 radical (unpaired) electrons. The number of nitrogens with two attached hydrogens (primary N) is 1. The molecule has 1 atom stereocenters. The third-order valence-electron chi connectivity index (χ3n) is 3.17. The minimum atomic E-state index is -0.156. The summed E-state index contributed by atoms with van der Waals surface area (Å²) >= 11 is 0. The summed E-state index contributed by atoms with van der Waals surface area (Å²) in [5.41, 5.74) is 7.10. The number of nitrogens with zero attached hydrogens (tertiary/aromatic N) is 1. The van der Waals surface area contributed by atoms with Crippen molar-refractivity contribution in [3.8, 4) is 0 Å². The van der Waals surface area contributed by atoms with Crippen molar-refractivity contribution in [2.75, 3.05) is 6.54 Å². The molecular weight excluding hydrogens is 256 g/mol. The van der Waals surface area contributed by atoms with E-state index in [2.05, 4.69) is 10.3 Å². The first kappa shape index (κ1) is 14.3. The smallest absolute Gasteiger partial charge is 0.326 e. The summed E-state index contributed by atoms with van der Waals surface area (Å²) in [7, 11) is 0. The Morgan fingerprint density at radius 1 is 1.45 bits per heavy atom. The van der Waals surface area contributed by atoms with Crippen molar-refractivity contribution in [1.82, 2.24) is 14.9 Å². The highest BCUT2D eigenvalue weighted by atomic mass is 16.2. The van der Waals surface area contributed by atoms with E-state index in [1.54, 1.807) is 4.57 Å². The van der Waals surface area contributed by atoms with E-state index in [0.717, 1.165) is 11.0 Å². The van der Waals surface area contributed by atoms with Crippen molar-refractivity contribution >= 4 is 16.9 Å². The van der Waals surface area contributed by atoms with Crippen molar-refractivity contribution < 1.29 is 4.79 Å². The van der Waals surface area contributed by atoms with Gasteiger partial charge >= 0.3 is 5.69 Å². The number of carbonyl (C=O) groups is 1. The number of amides is 1. The number of aromatic nitrogens is 2. The third-order valence-corrected chi connectivity index (χ3v) is 3.17. The molecule has 1 aromatic heterocycles. The highest BCUT2D eigenvalue weighted by Gasteiger charge is 2.07. The highest BCUT2D eigenvalue weighted by molar-refractivity contribution is 5.76. The van der Waals surface area contributed by atoms with Crippen molar-refractivity contribution in [3.63, 3.8) is 0 Å². The molecule has 0 spiro atoms. The van der Waals surface area contributed by atoms with Crippen LogP contribution >= 0.6 is 0 Å². The first-order chi connectivity index (χ1) is 9.58. The van der Waals surface area contributed by atoms with Gasteiger partial charge in [0.2, 0.25) is 5.91 Å². The monoisotopic (exact) mass is 276 g/mol. The lowest BCUT2D eigenvalue weighted by Gasteiger charge is -2.07. The predicted octanol–water partition coefficient (Wildman–Crippen LogP) is 0.573. The summed E-state index contributed by atoms with van der Waals surface area (Å²) in [6, 6.07) is 7.52. The molecule has 20 heavy (non-hydrogen) atoms. The first-order valence-corrected chi connectivity index (χ1v) is 6.78. The van der Waals surface area contributed by atoms with Gasteiger partial charge in [0.1, 0.15) is 0 Å². The molecule has 2 rings (SSSR count). The number of para-hydroxylation sites is 2. The van der Waals surface area contributed by atoms with Crippen molar-refractivity contribution in [2.45, 2.75) is 32.4 Å². The molecule has 4 N–H and O–H groups in total. The molecule has 0 saturated carbocycles. The van der Waals surface area contributed by atoms with Crippen LogP contribution in [0.3, 0.4) is 0 Å². The number of imidazole rings is 1. The Morgan fingerprint density at radius 3 is 2.95 bits per heavy atom. The Labute approximate surface area is 117 Å². The number of carbonyl (C=O) groups excluding carboxylic acids is 1. The van der Waals surface area contributed by atoms with Gasteiger partial charge in [0, 0.05) is 25.6 Å². The minimum absolute atomic E-state index is 0.0250. The fraction of sp³-hybridized carbons (Fsp3) is 0.429. The number of rotatable bonds is 6. The standard InChI is InChI=1S/C14H20N4O2/c1-10(15)6-7-13(19)16-8-9-18-12-5-3-2-4-11(12)17-14(18)20/h2-5,10H,6-9,15H2,1H3,(H,16,19)(H,17,20). The van der Waals surface area contributed by atoms with Gasteiger partial charge < -0.3 is 16.0 Å². The molecule has 6 heteroatoms. The van der Waals surface area contributed by atoms with Gasteiger partial charge in [0.15, 0.2) is 0 Å². The molecule has 0 aliphatic heterocycles. The van der Waals surface area contributed by atoms with E-state index in [-0.39, 0.29) is 17.6 Å². The summed E-state index contributed by atoms with van der Waals surface area (Å²) in [4.78, 5) is 26.2. The maximum atomic E-state index is 11.8. The normalized spacial score (nSPS) is 12.5. The van der Waals surface area contributed by atoms with Crippen LogP contribution in [0.25, 0.3) is 11.0 Å². The van der Waals surface area contributed by atoms with E-state index in [9.17, 15) is 9.59 Å².